The molecule has 1 fully saturated rings. The summed E-state index contributed by atoms with van der Waals surface area (Å²) in [7, 11) is -3.37. The van der Waals surface area contributed by atoms with E-state index in [1.807, 2.05) is 0 Å². The lowest BCUT2D eigenvalue weighted by molar-refractivity contribution is 0.0864. The molecule has 1 aliphatic rings. The second-order valence-electron chi connectivity index (χ2n) is 6.90. The van der Waals surface area contributed by atoms with Crippen LogP contribution in [0, 0.1) is 6.92 Å². The molecule has 30 heavy (non-hydrogen) atoms. The molecule has 0 spiro atoms. The molecule has 1 aromatic carbocycles. The first kappa shape index (κ1) is 21.6. The highest BCUT2D eigenvalue weighted by Gasteiger charge is 2.25. The van der Waals surface area contributed by atoms with Gasteiger partial charge in [0.1, 0.15) is 12.4 Å². The van der Waals surface area contributed by atoms with E-state index in [1.165, 1.54) is 29.4 Å². The zero-order valence-corrected chi connectivity index (χ0v) is 17.6. The Hall–Kier alpha value is -3.08. The fraction of sp³-hybridized carbons (Fsp3) is 0.421. The van der Waals surface area contributed by atoms with Crippen molar-refractivity contribution in [2.75, 3.05) is 24.6 Å². The van der Waals surface area contributed by atoms with E-state index in [2.05, 4.69) is 9.97 Å². The topological polar surface area (TPSA) is 145 Å². The summed E-state index contributed by atoms with van der Waals surface area (Å²) >= 11 is 0. The van der Waals surface area contributed by atoms with Crippen molar-refractivity contribution < 1.29 is 27.8 Å². The molecule has 0 aliphatic carbocycles. The molecule has 0 atom stereocenters. The van der Waals surface area contributed by atoms with Gasteiger partial charge in [0, 0.05) is 25.9 Å². The Morgan fingerprint density at radius 3 is 2.53 bits per heavy atom. The van der Waals surface area contributed by atoms with Gasteiger partial charge in [-0.05, 0) is 25.1 Å². The van der Waals surface area contributed by atoms with Crippen LogP contribution < -0.4 is 15.2 Å². The summed E-state index contributed by atoms with van der Waals surface area (Å²) in [6.45, 7) is 4.10. The van der Waals surface area contributed by atoms with Gasteiger partial charge in [-0.1, -0.05) is 6.92 Å². The van der Waals surface area contributed by atoms with Crippen LogP contribution in [-0.2, 0) is 9.84 Å². The van der Waals surface area contributed by atoms with Crippen molar-refractivity contribution in [3.05, 3.63) is 30.1 Å². The third kappa shape index (κ3) is 4.73. The van der Waals surface area contributed by atoms with Gasteiger partial charge in [-0.2, -0.15) is 0 Å². The van der Waals surface area contributed by atoms with Gasteiger partial charge in [0.05, 0.1) is 21.9 Å². The van der Waals surface area contributed by atoms with Crippen molar-refractivity contribution in [1.29, 1.82) is 0 Å². The molecular formula is C19H24N4O6S. The van der Waals surface area contributed by atoms with Crippen LogP contribution >= 0.6 is 0 Å². The SMILES string of the molecule is CCS(=O)(=O)c1ccc(Oc2ncnc(OC3CCN(C(=O)O)CC3)c2C)c(N)c1. The molecule has 1 aromatic heterocycles. The number of piperidine rings is 1. The van der Waals surface area contributed by atoms with Crippen molar-refractivity contribution >= 4 is 21.6 Å². The highest BCUT2D eigenvalue weighted by molar-refractivity contribution is 7.91. The number of carboxylic acid groups (broad SMARTS) is 1. The number of carbonyl (C=O) groups is 1. The third-order valence-electron chi connectivity index (χ3n) is 4.91. The molecule has 1 saturated heterocycles. The molecule has 1 aliphatic heterocycles. The number of hydrogen-bond donors (Lipinski definition) is 2. The van der Waals surface area contributed by atoms with Crippen LogP contribution in [0.3, 0.4) is 0 Å². The van der Waals surface area contributed by atoms with E-state index in [4.69, 9.17) is 20.3 Å². The van der Waals surface area contributed by atoms with Gasteiger partial charge >= 0.3 is 6.09 Å². The lowest BCUT2D eigenvalue weighted by Crippen LogP contribution is -2.41. The number of benzene rings is 1. The minimum absolute atomic E-state index is 0.0241. The van der Waals surface area contributed by atoms with Crippen molar-refractivity contribution in [1.82, 2.24) is 14.9 Å². The lowest BCUT2D eigenvalue weighted by atomic mass is 10.1. The molecule has 11 heteroatoms. The van der Waals surface area contributed by atoms with E-state index in [0.717, 1.165) is 0 Å². The summed E-state index contributed by atoms with van der Waals surface area (Å²) in [6.07, 6.45) is 1.33. The molecule has 2 heterocycles. The largest absolute Gasteiger partial charge is 0.474 e. The van der Waals surface area contributed by atoms with Gasteiger partial charge < -0.3 is 25.2 Å². The van der Waals surface area contributed by atoms with E-state index in [-0.39, 0.29) is 34.1 Å². The van der Waals surface area contributed by atoms with Crippen molar-refractivity contribution in [3.63, 3.8) is 0 Å². The van der Waals surface area contributed by atoms with Crippen LogP contribution in [0.15, 0.2) is 29.4 Å². The van der Waals surface area contributed by atoms with E-state index >= 15 is 0 Å². The quantitative estimate of drug-likeness (QED) is 0.652. The van der Waals surface area contributed by atoms with E-state index in [1.54, 1.807) is 13.8 Å². The Balaban J connectivity index is 1.74. The molecule has 0 saturated carbocycles. The number of ether oxygens (including phenoxy) is 2. The summed E-state index contributed by atoms with van der Waals surface area (Å²) in [5, 5.41) is 9.04. The monoisotopic (exact) mass is 436 g/mol. The molecular weight excluding hydrogens is 412 g/mol. The summed E-state index contributed by atoms with van der Waals surface area (Å²) < 4.78 is 35.7. The van der Waals surface area contributed by atoms with E-state index in [9.17, 15) is 13.2 Å². The van der Waals surface area contributed by atoms with Crippen LogP contribution in [0.1, 0.15) is 25.3 Å². The molecule has 3 rings (SSSR count). The molecule has 0 bridgehead atoms. The first-order chi connectivity index (χ1) is 14.2. The maximum atomic E-state index is 12.0. The Morgan fingerprint density at radius 2 is 1.93 bits per heavy atom. The van der Waals surface area contributed by atoms with Gasteiger partial charge in [0.15, 0.2) is 15.6 Å². The molecule has 0 unspecified atom stereocenters. The third-order valence-corrected chi connectivity index (χ3v) is 6.64. The zero-order valence-electron chi connectivity index (χ0n) is 16.7. The van der Waals surface area contributed by atoms with Crippen molar-refractivity contribution in [3.8, 4) is 17.5 Å². The Bertz CT molecular complexity index is 1040. The molecule has 2 aromatic rings. The number of nitrogens with two attached hydrogens (primary N) is 1. The number of aromatic nitrogens is 2. The fourth-order valence-corrected chi connectivity index (χ4v) is 3.96. The summed E-state index contributed by atoms with van der Waals surface area (Å²) in [5.74, 6) is 0.829. The van der Waals surface area contributed by atoms with E-state index < -0.39 is 15.9 Å². The number of amides is 1. The standard InChI is InChI=1S/C19H24N4O6S/c1-3-30(26,27)14-4-5-16(15(20)10-14)29-18-12(2)17(21-11-22-18)28-13-6-8-23(9-7-13)19(24)25/h4-5,10-11,13H,3,6-9,20H2,1-2H3,(H,24,25). The predicted molar refractivity (Wildman–Crippen MR) is 109 cm³/mol. The second kappa shape index (κ2) is 8.74. The first-order valence-corrected chi connectivity index (χ1v) is 11.1. The molecule has 0 radical (unpaired) electrons. The predicted octanol–water partition coefficient (Wildman–Crippen LogP) is 2.47. The zero-order chi connectivity index (χ0) is 21.9. The number of nitrogens with zero attached hydrogens (tertiary/aromatic N) is 3. The highest BCUT2D eigenvalue weighted by atomic mass is 32.2. The molecule has 1 amide bonds. The number of rotatable bonds is 6. The summed E-state index contributed by atoms with van der Waals surface area (Å²) in [6, 6.07) is 4.29. The van der Waals surface area contributed by atoms with Crippen molar-refractivity contribution in [2.45, 2.75) is 37.7 Å². The van der Waals surface area contributed by atoms with Crippen LogP contribution in [0.25, 0.3) is 0 Å². The Kier molecular flexibility index (Phi) is 6.30. The normalized spacial score (nSPS) is 15.1. The summed E-state index contributed by atoms with van der Waals surface area (Å²) in [5.41, 5.74) is 6.71. The van der Waals surface area contributed by atoms with Crippen LogP contribution in [0.2, 0.25) is 0 Å². The number of anilines is 1. The Labute approximate surface area is 174 Å². The number of likely N-dealkylation sites (tertiary alicyclic amines) is 1. The van der Waals surface area contributed by atoms with Gasteiger partial charge in [-0.3, -0.25) is 0 Å². The number of sulfone groups is 1. The van der Waals surface area contributed by atoms with Gasteiger partial charge in [-0.15, -0.1) is 0 Å². The van der Waals surface area contributed by atoms with Crippen LogP contribution in [0.5, 0.6) is 17.5 Å². The minimum Gasteiger partial charge on any atom is -0.474 e. The van der Waals surface area contributed by atoms with Crippen LogP contribution in [0.4, 0.5) is 10.5 Å². The van der Waals surface area contributed by atoms with Gasteiger partial charge in [0.2, 0.25) is 11.8 Å². The summed E-state index contributed by atoms with van der Waals surface area (Å²) in [4.78, 5) is 20.8. The highest BCUT2D eigenvalue weighted by Crippen LogP contribution is 2.33. The average molecular weight is 436 g/mol. The first-order valence-electron chi connectivity index (χ1n) is 9.47. The minimum atomic E-state index is -3.37. The molecule has 3 N–H and O–H groups in total. The Morgan fingerprint density at radius 1 is 1.27 bits per heavy atom. The fourth-order valence-electron chi connectivity index (χ4n) is 3.05. The number of nitrogen functional groups attached to an aromatic ring is 1. The van der Waals surface area contributed by atoms with Gasteiger partial charge in [-0.25, -0.2) is 23.2 Å². The lowest BCUT2D eigenvalue weighted by Gasteiger charge is -2.30. The average Bonchev–Trinajstić information content (AvgIpc) is 2.72. The maximum Gasteiger partial charge on any atom is 0.407 e. The van der Waals surface area contributed by atoms with E-state index in [0.29, 0.717) is 37.4 Å². The molecule has 10 nitrogen and oxygen atoms in total. The number of hydrogen-bond acceptors (Lipinski definition) is 8. The van der Waals surface area contributed by atoms with Gasteiger partial charge in [0.25, 0.3) is 0 Å². The molecule has 162 valence electrons. The maximum absolute atomic E-state index is 12.0. The van der Waals surface area contributed by atoms with Crippen molar-refractivity contribution in [2.24, 2.45) is 0 Å². The second-order valence-corrected chi connectivity index (χ2v) is 9.18. The smallest absolute Gasteiger partial charge is 0.407 e. The van der Waals surface area contributed by atoms with Crippen LogP contribution in [-0.4, -0.2) is 59.4 Å².